The van der Waals surface area contributed by atoms with E-state index < -0.39 is 11.3 Å². The first kappa shape index (κ1) is 22.2. The lowest BCUT2D eigenvalue weighted by atomic mass is 10.0. The van der Waals surface area contributed by atoms with Crippen LogP contribution < -0.4 is 15.4 Å². The second-order valence-corrected chi connectivity index (χ2v) is 7.96. The van der Waals surface area contributed by atoms with E-state index in [0.717, 1.165) is 5.56 Å². The topological polar surface area (TPSA) is 109 Å². The van der Waals surface area contributed by atoms with Crippen LogP contribution in [0, 0.1) is 0 Å². The van der Waals surface area contributed by atoms with Gasteiger partial charge in [-0.2, -0.15) is 0 Å². The fraction of sp³-hybridized carbons (Fsp3) is 0.100. The van der Waals surface area contributed by atoms with Crippen LogP contribution in [0.4, 0.5) is 17.1 Å². The van der Waals surface area contributed by atoms with Gasteiger partial charge < -0.3 is 11.1 Å². The number of carbonyl (C=O) groups excluding carboxylic acids is 1. The van der Waals surface area contributed by atoms with Gasteiger partial charge in [-0.15, -0.1) is 0 Å². The third kappa shape index (κ3) is 4.97. The minimum Gasteiger partial charge on any atom is -0.326 e. The molecule has 0 saturated carbocycles. The molecule has 0 aliphatic heterocycles. The number of hydrogen-bond acceptors (Lipinski definition) is 4. The first-order valence-corrected chi connectivity index (χ1v) is 10.5. The van der Waals surface area contributed by atoms with Gasteiger partial charge in [0, 0.05) is 25.2 Å². The summed E-state index contributed by atoms with van der Waals surface area (Å²) in [5.74, 6) is -0.213. The zero-order valence-corrected chi connectivity index (χ0v) is 18.1. The van der Waals surface area contributed by atoms with Crippen LogP contribution >= 0.6 is 23.2 Å². The molecule has 1 heterocycles. The number of amides is 1. The highest BCUT2D eigenvalue weighted by Gasteiger charge is 2.20. The molecule has 0 aliphatic carbocycles. The van der Waals surface area contributed by atoms with Crippen LogP contribution in [0.2, 0.25) is 10.0 Å². The van der Waals surface area contributed by atoms with Crippen LogP contribution in [-0.2, 0) is 22.6 Å². The van der Waals surface area contributed by atoms with Gasteiger partial charge in [0.25, 0.3) is 11.3 Å². The van der Waals surface area contributed by atoms with Crippen molar-refractivity contribution in [2.45, 2.75) is 13.5 Å². The van der Waals surface area contributed by atoms with Crippen molar-refractivity contribution >= 4 is 57.4 Å². The van der Waals surface area contributed by atoms with Crippen LogP contribution in [-0.4, -0.2) is 19.7 Å². The standard InChI is InChI=1S/C20H18Cl2N4O3S/c1-12(27)25-16-6-15(10-24-11-16)13-2-3-14(9-23)20(7-13)26(30(28)29)17-4-5-18(21)19(22)8-17/h2-8,10-11H,9,23H2,1H3,(H,25,27)(H,28,29). The van der Waals surface area contributed by atoms with Gasteiger partial charge in [0.2, 0.25) is 5.91 Å². The van der Waals surface area contributed by atoms with Gasteiger partial charge >= 0.3 is 0 Å². The molecule has 1 unspecified atom stereocenters. The van der Waals surface area contributed by atoms with E-state index in [-0.39, 0.29) is 17.5 Å². The van der Waals surface area contributed by atoms with E-state index in [4.69, 9.17) is 28.9 Å². The van der Waals surface area contributed by atoms with Gasteiger partial charge in [0.15, 0.2) is 0 Å². The van der Waals surface area contributed by atoms with E-state index in [9.17, 15) is 13.6 Å². The Kier molecular flexibility index (Phi) is 7.06. The van der Waals surface area contributed by atoms with Crippen LogP contribution in [0.25, 0.3) is 11.1 Å². The average molecular weight is 465 g/mol. The lowest BCUT2D eigenvalue weighted by Gasteiger charge is -2.24. The van der Waals surface area contributed by atoms with Gasteiger partial charge in [-0.1, -0.05) is 35.3 Å². The van der Waals surface area contributed by atoms with Crippen molar-refractivity contribution < 1.29 is 13.6 Å². The highest BCUT2D eigenvalue weighted by molar-refractivity contribution is 7.81. The first-order chi connectivity index (χ1) is 14.3. The molecule has 1 atom stereocenters. The molecule has 4 N–H and O–H groups in total. The minimum atomic E-state index is -2.41. The molecule has 1 amide bonds. The fourth-order valence-corrected chi connectivity index (χ4v) is 3.82. The molecule has 3 aromatic rings. The molecule has 0 spiro atoms. The number of benzene rings is 2. The molecule has 0 saturated heterocycles. The Balaban J connectivity index is 2.12. The molecule has 10 heteroatoms. The highest BCUT2D eigenvalue weighted by Crippen LogP contribution is 2.36. The van der Waals surface area contributed by atoms with Crippen molar-refractivity contribution in [1.29, 1.82) is 0 Å². The monoisotopic (exact) mass is 464 g/mol. The Morgan fingerprint density at radius 1 is 1.13 bits per heavy atom. The Bertz CT molecular complexity index is 1130. The van der Waals surface area contributed by atoms with Crippen LogP contribution in [0.5, 0.6) is 0 Å². The van der Waals surface area contributed by atoms with E-state index in [2.05, 4.69) is 10.3 Å². The predicted molar refractivity (Wildman–Crippen MR) is 121 cm³/mol. The summed E-state index contributed by atoms with van der Waals surface area (Å²) in [4.78, 5) is 15.5. The number of anilines is 3. The number of halogens is 2. The lowest BCUT2D eigenvalue weighted by molar-refractivity contribution is -0.114. The van der Waals surface area contributed by atoms with Crippen molar-refractivity contribution in [3.63, 3.8) is 0 Å². The van der Waals surface area contributed by atoms with Crippen LogP contribution in [0.1, 0.15) is 12.5 Å². The normalized spacial score (nSPS) is 11.8. The van der Waals surface area contributed by atoms with E-state index in [0.29, 0.717) is 33.2 Å². The summed E-state index contributed by atoms with van der Waals surface area (Å²) in [5, 5.41) is 3.27. The summed E-state index contributed by atoms with van der Waals surface area (Å²) in [6.45, 7) is 1.56. The molecule has 30 heavy (non-hydrogen) atoms. The van der Waals surface area contributed by atoms with E-state index in [1.54, 1.807) is 36.5 Å². The van der Waals surface area contributed by atoms with Crippen molar-refractivity contribution in [2.24, 2.45) is 5.73 Å². The molecule has 2 aromatic carbocycles. The highest BCUT2D eigenvalue weighted by atomic mass is 35.5. The fourth-order valence-electron chi connectivity index (χ4n) is 2.90. The molecule has 0 radical (unpaired) electrons. The van der Waals surface area contributed by atoms with Gasteiger partial charge in [0.05, 0.1) is 33.3 Å². The SMILES string of the molecule is CC(=O)Nc1cncc(-c2ccc(CN)c(N(c3ccc(Cl)c(Cl)c3)S(=O)O)c2)c1. The lowest BCUT2D eigenvalue weighted by Crippen LogP contribution is -2.21. The summed E-state index contributed by atoms with van der Waals surface area (Å²) in [5.41, 5.74) is 9.30. The van der Waals surface area contributed by atoms with Gasteiger partial charge in [-0.25, -0.2) is 8.51 Å². The molecule has 156 valence electrons. The van der Waals surface area contributed by atoms with E-state index in [1.807, 2.05) is 6.07 Å². The van der Waals surface area contributed by atoms with Crippen molar-refractivity contribution in [3.05, 3.63) is 70.5 Å². The molecular weight excluding hydrogens is 447 g/mol. The molecule has 7 nitrogen and oxygen atoms in total. The summed E-state index contributed by atoms with van der Waals surface area (Å²) in [6, 6.07) is 11.7. The van der Waals surface area contributed by atoms with Crippen molar-refractivity contribution in [2.75, 3.05) is 9.62 Å². The largest absolute Gasteiger partial charge is 0.326 e. The van der Waals surface area contributed by atoms with Crippen LogP contribution in [0.3, 0.4) is 0 Å². The molecular formula is C20H18Cl2N4O3S. The number of hydrogen-bond donors (Lipinski definition) is 3. The number of carbonyl (C=O) groups is 1. The second-order valence-electron chi connectivity index (χ2n) is 6.31. The number of nitrogens with two attached hydrogens (primary N) is 1. The zero-order chi connectivity index (χ0) is 21.8. The number of nitrogens with one attached hydrogen (secondary N) is 1. The Labute approximate surface area is 186 Å². The maximum Gasteiger partial charge on any atom is 0.266 e. The minimum absolute atomic E-state index is 0.148. The summed E-state index contributed by atoms with van der Waals surface area (Å²) >= 11 is 9.68. The molecule has 1 aromatic heterocycles. The molecule has 0 aliphatic rings. The van der Waals surface area contributed by atoms with Gasteiger partial charge in [0.1, 0.15) is 0 Å². The van der Waals surface area contributed by atoms with Crippen LogP contribution in [0.15, 0.2) is 54.9 Å². The number of rotatable bonds is 6. The number of pyridine rings is 1. The van der Waals surface area contributed by atoms with E-state index >= 15 is 0 Å². The second kappa shape index (κ2) is 9.55. The Morgan fingerprint density at radius 3 is 2.53 bits per heavy atom. The van der Waals surface area contributed by atoms with E-state index in [1.165, 1.54) is 23.5 Å². The summed E-state index contributed by atoms with van der Waals surface area (Å²) < 4.78 is 23.5. The summed E-state index contributed by atoms with van der Waals surface area (Å²) in [6.07, 6.45) is 3.16. The Hall–Kier alpha value is -2.49. The smallest absolute Gasteiger partial charge is 0.266 e. The quantitative estimate of drug-likeness (QED) is 0.456. The summed E-state index contributed by atoms with van der Waals surface area (Å²) in [7, 11) is 0. The maximum absolute atomic E-state index is 12.2. The number of nitrogens with zero attached hydrogens (tertiary/aromatic N) is 2. The average Bonchev–Trinajstić information content (AvgIpc) is 2.70. The molecule has 0 fully saturated rings. The third-order valence-electron chi connectivity index (χ3n) is 4.21. The van der Waals surface area contributed by atoms with Gasteiger partial charge in [-0.05, 0) is 41.5 Å². The first-order valence-electron chi connectivity index (χ1n) is 8.72. The predicted octanol–water partition coefficient (Wildman–Crippen LogP) is 4.75. The maximum atomic E-state index is 12.2. The van der Waals surface area contributed by atoms with Gasteiger partial charge in [-0.3, -0.25) is 14.3 Å². The molecule has 3 rings (SSSR count). The zero-order valence-electron chi connectivity index (χ0n) is 15.8. The third-order valence-corrected chi connectivity index (χ3v) is 5.67. The van der Waals surface area contributed by atoms with Crippen molar-refractivity contribution in [3.8, 4) is 11.1 Å². The Morgan fingerprint density at radius 2 is 1.90 bits per heavy atom. The molecule has 0 bridgehead atoms. The van der Waals surface area contributed by atoms with Crippen molar-refractivity contribution in [1.82, 2.24) is 4.98 Å². The number of aromatic nitrogens is 1.